The molecule has 3 rings (SSSR count). The van der Waals surface area contributed by atoms with Crippen LogP contribution in [0.3, 0.4) is 0 Å². The van der Waals surface area contributed by atoms with Crippen LogP contribution >= 0.6 is 0 Å². The molecule has 0 unspecified atom stereocenters. The van der Waals surface area contributed by atoms with Crippen LogP contribution in [-0.4, -0.2) is 40.2 Å². The number of ether oxygens (including phenoxy) is 2. The first kappa shape index (κ1) is 18.0. The number of hydrogen-bond acceptors (Lipinski definition) is 6. The fraction of sp³-hybridized carbons (Fsp3) is 0.421. The Morgan fingerprint density at radius 1 is 1.27 bits per heavy atom. The van der Waals surface area contributed by atoms with Gasteiger partial charge < -0.3 is 19.7 Å². The molecule has 0 atom stereocenters. The molecule has 1 aliphatic heterocycles. The number of anilines is 2. The normalized spacial score (nSPS) is 13.8. The zero-order chi connectivity index (χ0) is 18.7. The van der Waals surface area contributed by atoms with Crippen LogP contribution in [0.15, 0.2) is 30.5 Å². The molecule has 0 spiro atoms. The molecule has 2 aromatic rings. The van der Waals surface area contributed by atoms with E-state index in [2.05, 4.69) is 15.3 Å². The molecule has 1 aromatic carbocycles. The van der Waals surface area contributed by atoms with E-state index >= 15 is 0 Å². The second-order valence-electron chi connectivity index (χ2n) is 7.14. The number of carbonyl (C=O) groups excluding carboxylic acids is 1. The van der Waals surface area contributed by atoms with Crippen molar-refractivity contribution in [3.8, 4) is 5.75 Å². The zero-order valence-electron chi connectivity index (χ0n) is 15.6. The summed E-state index contributed by atoms with van der Waals surface area (Å²) in [6.45, 7) is 6.62. The lowest BCUT2D eigenvalue weighted by atomic mass is 10.1. The van der Waals surface area contributed by atoms with Crippen molar-refractivity contribution in [2.24, 2.45) is 0 Å². The second kappa shape index (κ2) is 7.19. The van der Waals surface area contributed by atoms with Crippen molar-refractivity contribution in [1.82, 2.24) is 14.9 Å². The Balaban J connectivity index is 1.72. The Labute approximate surface area is 153 Å². The Bertz CT molecular complexity index is 802. The molecule has 0 saturated carbocycles. The van der Waals surface area contributed by atoms with Crippen molar-refractivity contribution in [3.63, 3.8) is 0 Å². The molecule has 1 amide bonds. The molecule has 1 N–H and O–H groups in total. The first-order valence-corrected chi connectivity index (χ1v) is 8.58. The van der Waals surface area contributed by atoms with E-state index in [-0.39, 0.29) is 6.09 Å². The van der Waals surface area contributed by atoms with E-state index in [1.54, 1.807) is 18.2 Å². The summed E-state index contributed by atoms with van der Waals surface area (Å²) < 4.78 is 10.8. The molecular weight excluding hydrogens is 332 g/mol. The lowest BCUT2D eigenvalue weighted by molar-refractivity contribution is 0.0222. The van der Waals surface area contributed by atoms with Crippen molar-refractivity contribution in [3.05, 3.63) is 41.7 Å². The third-order valence-electron chi connectivity index (χ3n) is 3.94. The number of para-hydroxylation sites is 2. The Hall–Kier alpha value is -2.83. The number of aromatic nitrogens is 2. The molecular formula is C19H24N4O3. The molecule has 2 heterocycles. The summed E-state index contributed by atoms with van der Waals surface area (Å²) in [7, 11) is 1.62. The first-order chi connectivity index (χ1) is 12.4. The molecule has 26 heavy (non-hydrogen) atoms. The second-order valence-corrected chi connectivity index (χ2v) is 7.14. The largest absolute Gasteiger partial charge is 0.495 e. The molecule has 7 heteroatoms. The molecule has 0 fully saturated rings. The number of fused-ring (bicyclic) bond motifs is 1. The third kappa shape index (κ3) is 4.22. The van der Waals surface area contributed by atoms with Gasteiger partial charge in [0.05, 0.1) is 25.0 Å². The number of benzene rings is 1. The van der Waals surface area contributed by atoms with Gasteiger partial charge in [0.25, 0.3) is 0 Å². The van der Waals surface area contributed by atoms with Crippen LogP contribution in [0, 0.1) is 0 Å². The summed E-state index contributed by atoms with van der Waals surface area (Å²) >= 11 is 0. The van der Waals surface area contributed by atoms with Gasteiger partial charge in [0.1, 0.15) is 11.4 Å². The van der Waals surface area contributed by atoms with Gasteiger partial charge in [-0.15, -0.1) is 0 Å². The number of nitrogens with zero attached hydrogens (tertiary/aromatic N) is 3. The fourth-order valence-electron chi connectivity index (χ4n) is 2.73. The van der Waals surface area contributed by atoms with Gasteiger partial charge in [0.15, 0.2) is 0 Å². The predicted octanol–water partition coefficient (Wildman–Crippen LogP) is 3.52. The van der Waals surface area contributed by atoms with Gasteiger partial charge in [0, 0.05) is 24.7 Å². The standard InChI is InChI=1S/C19H24N4O3/c1-19(2,3)26-18(24)23-10-9-14-13(12-23)11-20-17(21-14)22-15-7-5-6-8-16(15)25-4/h5-8,11H,9-10,12H2,1-4H3,(H,20,21,22). The maximum absolute atomic E-state index is 12.2. The monoisotopic (exact) mass is 356 g/mol. The minimum atomic E-state index is -0.504. The first-order valence-electron chi connectivity index (χ1n) is 8.58. The van der Waals surface area contributed by atoms with E-state index in [1.165, 1.54) is 0 Å². The summed E-state index contributed by atoms with van der Waals surface area (Å²) in [5.74, 6) is 1.24. The molecule has 7 nitrogen and oxygen atoms in total. The van der Waals surface area contributed by atoms with E-state index in [9.17, 15) is 4.79 Å². The van der Waals surface area contributed by atoms with Crippen LogP contribution in [0.5, 0.6) is 5.75 Å². The van der Waals surface area contributed by atoms with E-state index in [0.717, 1.165) is 22.7 Å². The lowest BCUT2D eigenvalue weighted by Gasteiger charge is -2.30. The molecule has 0 saturated heterocycles. The average molecular weight is 356 g/mol. The Morgan fingerprint density at radius 2 is 2.04 bits per heavy atom. The summed E-state index contributed by atoms with van der Waals surface area (Å²) in [6, 6.07) is 7.61. The molecule has 0 radical (unpaired) electrons. The van der Waals surface area contributed by atoms with Crippen molar-refractivity contribution in [2.75, 3.05) is 19.0 Å². The molecule has 0 bridgehead atoms. The fourth-order valence-corrected chi connectivity index (χ4v) is 2.73. The van der Waals surface area contributed by atoms with Crippen molar-refractivity contribution < 1.29 is 14.3 Å². The molecule has 1 aliphatic rings. The number of hydrogen-bond donors (Lipinski definition) is 1. The Kier molecular flexibility index (Phi) is 4.97. The number of carbonyl (C=O) groups is 1. The molecule has 0 aliphatic carbocycles. The van der Waals surface area contributed by atoms with Gasteiger partial charge in [-0.2, -0.15) is 0 Å². The number of methoxy groups -OCH3 is 1. The van der Waals surface area contributed by atoms with Crippen molar-refractivity contribution in [1.29, 1.82) is 0 Å². The number of amides is 1. The SMILES string of the molecule is COc1ccccc1Nc1ncc2c(n1)CCN(C(=O)OC(C)(C)C)C2. The third-order valence-corrected chi connectivity index (χ3v) is 3.94. The molecule has 138 valence electrons. The summed E-state index contributed by atoms with van der Waals surface area (Å²) in [4.78, 5) is 22.9. The average Bonchev–Trinajstić information content (AvgIpc) is 2.60. The summed E-state index contributed by atoms with van der Waals surface area (Å²) in [5, 5.41) is 3.19. The topological polar surface area (TPSA) is 76.6 Å². The quantitative estimate of drug-likeness (QED) is 0.907. The van der Waals surface area contributed by atoms with Crippen molar-refractivity contribution in [2.45, 2.75) is 39.3 Å². The van der Waals surface area contributed by atoms with E-state index in [1.807, 2.05) is 45.0 Å². The lowest BCUT2D eigenvalue weighted by Crippen LogP contribution is -2.40. The highest BCUT2D eigenvalue weighted by Crippen LogP contribution is 2.26. The molecule has 1 aromatic heterocycles. The summed E-state index contributed by atoms with van der Waals surface area (Å²) in [5.41, 5.74) is 2.18. The van der Waals surface area contributed by atoms with E-state index < -0.39 is 5.60 Å². The van der Waals surface area contributed by atoms with Crippen LogP contribution in [0.4, 0.5) is 16.4 Å². The van der Waals surface area contributed by atoms with Crippen LogP contribution in [0.1, 0.15) is 32.0 Å². The minimum Gasteiger partial charge on any atom is -0.495 e. The van der Waals surface area contributed by atoms with Crippen LogP contribution in [0.25, 0.3) is 0 Å². The van der Waals surface area contributed by atoms with E-state index in [4.69, 9.17) is 9.47 Å². The van der Waals surface area contributed by atoms with Crippen molar-refractivity contribution >= 4 is 17.7 Å². The van der Waals surface area contributed by atoms with Gasteiger partial charge in [-0.05, 0) is 32.9 Å². The maximum atomic E-state index is 12.2. The van der Waals surface area contributed by atoms with Gasteiger partial charge in [0.2, 0.25) is 5.95 Å². The van der Waals surface area contributed by atoms with Gasteiger partial charge >= 0.3 is 6.09 Å². The predicted molar refractivity (Wildman–Crippen MR) is 98.7 cm³/mol. The van der Waals surface area contributed by atoms with E-state index in [0.29, 0.717) is 25.5 Å². The zero-order valence-corrected chi connectivity index (χ0v) is 15.6. The smallest absolute Gasteiger partial charge is 0.410 e. The minimum absolute atomic E-state index is 0.306. The summed E-state index contributed by atoms with van der Waals surface area (Å²) in [6.07, 6.45) is 2.12. The Morgan fingerprint density at radius 3 is 2.77 bits per heavy atom. The van der Waals surface area contributed by atoms with Crippen LogP contribution in [-0.2, 0) is 17.7 Å². The maximum Gasteiger partial charge on any atom is 0.410 e. The highest BCUT2D eigenvalue weighted by atomic mass is 16.6. The van der Waals surface area contributed by atoms with Gasteiger partial charge in [-0.1, -0.05) is 12.1 Å². The number of rotatable bonds is 3. The van der Waals surface area contributed by atoms with Crippen LogP contribution in [0.2, 0.25) is 0 Å². The van der Waals surface area contributed by atoms with Gasteiger partial charge in [-0.3, -0.25) is 0 Å². The van der Waals surface area contributed by atoms with Gasteiger partial charge in [-0.25, -0.2) is 14.8 Å². The highest BCUT2D eigenvalue weighted by molar-refractivity contribution is 5.68. The van der Waals surface area contributed by atoms with Crippen LogP contribution < -0.4 is 10.1 Å². The number of nitrogens with one attached hydrogen (secondary N) is 1. The highest BCUT2D eigenvalue weighted by Gasteiger charge is 2.26.